The molecule has 0 amide bonds. The molecule has 2 heteroatoms. The van der Waals surface area contributed by atoms with Crippen molar-refractivity contribution in [1.82, 2.24) is 9.97 Å². The van der Waals surface area contributed by atoms with Gasteiger partial charge >= 0.3 is 0 Å². The molecule has 0 aliphatic carbocycles. The summed E-state index contributed by atoms with van der Waals surface area (Å²) >= 11 is 0. The number of benzene rings is 1. The first-order valence-electron chi connectivity index (χ1n) is 6.62. The molecule has 0 spiro atoms. The van der Waals surface area contributed by atoms with Crippen LogP contribution in [0, 0.1) is 6.92 Å². The lowest BCUT2D eigenvalue weighted by atomic mass is 9.85. The minimum atomic E-state index is 0.110. The molecule has 0 N–H and O–H groups in total. The lowest BCUT2D eigenvalue weighted by Crippen LogP contribution is -2.12. The van der Waals surface area contributed by atoms with Gasteiger partial charge in [0.1, 0.15) is 0 Å². The van der Waals surface area contributed by atoms with Crippen LogP contribution in [0.25, 0.3) is 21.8 Å². The molecule has 2 heterocycles. The van der Waals surface area contributed by atoms with Crippen molar-refractivity contribution in [3.05, 3.63) is 47.8 Å². The molecule has 0 unspecified atom stereocenters. The van der Waals surface area contributed by atoms with Gasteiger partial charge in [0.05, 0.1) is 11.0 Å². The van der Waals surface area contributed by atoms with Crippen molar-refractivity contribution in [3.8, 4) is 0 Å². The van der Waals surface area contributed by atoms with E-state index in [4.69, 9.17) is 0 Å². The lowest BCUT2D eigenvalue weighted by Gasteiger charge is -2.21. The van der Waals surface area contributed by atoms with Gasteiger partial charge in [-0.3, -0.25) is 9.97 Å². The van der Waals surface area contributed by atoms with Gasteiger partial charge in [-0.05, 0) is 30.0 Å². The fraction of sp³-hybridized carbons (Fsp3) is 0.294. The molecule has 0 radical (unpaired) electrons. The molecule has 96 valence electrons. The highest BCUT2D eigenvalue weighted by atomic mass is 14.7. The summed E-state index contributed by atoms with van der Waals surface area (Å²) in [6.07, 6.45) is 1.90. The Hall–Kier alpha value is -1.96. The number of aromatic nitrogens is 2. The highest BCUT2D eigenvalue weighted by Crippen LogP contribution is 2.31. The first-order valence-corrected chi connectivity index (χ1v) is 6.62. The second-order valence-electron chi connectivity index (χ2n) is 6.09. The number of hydrogen-bond donors (Lipinski definition) is 0. The Balaban J connectivity index is 2.47. The van der Waals surface area contributed by atoms with E-state index in [1.807, 2.05) is 19.2 Å². The molecule has 1 aromatic carbocycles. The van der Waals surface area contributed by atoms with Crippen molar-refractivity contribution in [1.29, 1.82) is 0 Å². The van der Waals surface area contributed by atoms with E-state index in [2.05, 4.69) is 55.0 Å². The molecule has 0 fully saturated rings. The number of pyridine rings is 2. The van der Waals surface area contributed by atoms with Gasteiger partial charge < -0.3 is 0 Å². The summed E-state index contributed by atoms with van der Waals surface area (Å²) in [6, 6.07) is 10.6. The first-order chi connectivity index (χ1) is 8.97. The normalized spacial score (nSPS) is 12.2. The summed E-state index contributed by atoms with van der Waals surface area (Å²) in [5, 5.41) is 2.36. The van der Waals surface area contributed by atoms with Gasteiger partial charge in [-0.25, -0.2) is 0 Å². The fourth-order valence-corrected chi connectivity index (χ4v) is 2.55. The van der Waals surface area contributed by atoms with Gasteiger partial charge in [-0.2, -0.15) is 0 Å². The smallest absolute Gasteiger partial charge is 0.0967 e. The second-order valence-corrected chi connectivity index (χ2v) is 6.09. The Kier molecular flexibility index (Phi) is 2.56. The van der Waals surface area contributed by atoms with E-state index in [1.54, 1.807) is 0 Å². The number of aryl methyl sites for hydroxylation is 1. The van der Waals surface area contributed by atoms with Crippen LogP contribution in [-0.4, -0.2) is 9.97 Å². The zero-order chi connectivity index (χ0) is 13.6. The first kappa shape index (κ1) is 12.1. The molecular weight excluding hydrogens is 232 g/mol. The molecule has 0 bridgehead atoms. The number of rotatable bonds is 0. The number of nitrogens with zero attached hydrogens (tertiary/aromatic N) is 2. The fourth-order valence-electron chi connectivity index (χ4n) is 2.55. The van der Waals surface area contributed by atoms with Gasteiger partial charge in [0.2, 0.25) is 0 Å². The van der Waals surface area contributed by atoms with Crippen molar-refractivity contribution >= 4 is 21.8 Å². The van der Waals surface area contributed by atoms with Crippen molar-refractivity contribution in [2.75, 3.05) is 0 Å². The summed E-state index contributed by atoms with van der Waals surface area (Å²) in [6.45, 7) is 8.72. The monoisotopic (exact) mass is 250 g/mol. The van der Waals surface area contributed by atoms with Crippen molar-refractivity contribution in [2.24, 2.45) is 0 Å². The molecule has 3 rings (SSSR count). The topological polar surface area (TPSA) is 25.8 Å². The van der Waals surface area contributed by atoms with E-state index in [1.165, 1.54) is 10.9 Å². The van der Waals surface area contributed by atoms with Gasteiger partial charge in [0.25, 0.3) is 0 Å². The van der Waals surface area contributed by atoms with Gasteiger partial charge in [-0.15, -0.1) is 0 Å². The van der Waals surface area contributed by atoms with E-state index in [0.29, 0.717) is 0 Å². The third-order valence-corrected chi connectivity index (χ3v) is 3.52. The standard InChI is InChI=1S/C17H18N2/c1-11-5-6-12-7-8-13-14(17(2,3)4)9-10-18-16(13)15(12)19-11/h5-10H,1-4H3. The Morgan fingerprint density at radius 1 is 0.895 bits per heavy atom. The maximum Gasteiger partial charge on any atom is 0.0967 e. The highest BCUT2D eigenvalue weighted by Gasteiger charge is 2.18. The van der Waals surface area contributed by atoms with Crippen LogP contribution in [0.2, 0.25) is 0 Å². The highest BCUT2D eigenvalue weighted by molar-refractivity contribution is 6.04. The maximum atomic E-state index is 4.66. The summed E-state index contributed by atoms with van der Waals surface area (Å²) in [7, 11) is 0. The Morgan fingerprint density at radius 2 is 1.63 bits per heavy atom. The maximum absolute atomic E-state index is 4.66. The van der Waals surface area contributed by atoms with Crippen LogP contribution >= 0.6 is 0 Å². The molecule has 3 aromatic rings. The van der Waals surface area contributed by atoms with Crippen molar-refractivity contribution in [3.63, 3.8) is 0 Å². The van der Waals surface area contributed by atoms with Crippen LogP contribution in [0.5, 0.6) is 0 Å². The van der Waals surface area contributed by atoms with Gasteiger partial charge in [0, 0.05) is 22.7 Å². The minimum Gasteiger partial charge on any atom is -0.254 e. The zero-order valence-corrected chi connectivity index (χ0v) is 11.9. The molecule has 2 aromatic heterocycles. The van der Waals surface area contributed by atoms with E-state index in [0.717, 1.165) is 22.1 Å². The van der Waals surface area contributed by atoms with E-state index in [-0.39, 0.29) is 5.41 Å². The summed E-state index contributed by atoms with van der Waals surface area (Å²) in [5.41, 5.74) is 4.47. The van der Waals surface area contributed by atoms with Crippen LogP contribution in [0.15, 0.2) is 36.5 Å². The molecule has 0 saturated heterocycles. The van der Waals surface area contributed by atoms with E-state index >= 15 is 0 Å². The molecule has 0 saturated carbocycles. The predicted molar refractivity (Wildman–Crippen MR) is 80.5 cm³/mol. The molecular formula is C17H18N2. The molecule has 0 aliphatic heterocycles. The third kappa shape index (κ3) is 1.97. The van der Waals surface area contributed by atoms with Crippen molar-refractivity contribution in [2.45, 2.75) is 33.1 Å². The SMILES string of the molecule is Cc1ccc2ccc3c(C(C)(C)C)ccnc3c2n1. The summed E-state index contributed by atoms with van der Waals surface area (Å²) in [4.78, 5) is 9.23. The molecule has 0 aliphatic rings. The zero-order valence-electron chi connectivity index (χ0n) is 11.9. The average Bonchev–Trinajstić information content (AvgIpc) is 2.36. The van der Waals surface area contributed by atoms with Crippen LogP contribution in [0.4, 0.5) is 0 Å². The lowest BCUT2D eigenvalue weighted by molar-refractivity contribution is 0.595. The molecule has 19 heavy (non-hydrogen) atoms. The Morgan fingerprint density at radius 3 is 2.37 bits per heavy atom. The number of fused-ring (bicyclic) bond motifs is 3. The largest absolute Gasteiger partial charge is 0.254 e. The van der Waals surface area contributed by atoms with E-state index < -0.39 is 0 Å². The van der Waals surface area contributed by atoms with Gasteiger partial charge in [-0.1, -0.05) is 39.0 Å². The van der Waals surface area contributed by atoms with E-state index in [9.17, 15) is 0 Å². The van der Waals surface area contributed by atoms with Crippen molar-refractivity contribution < 1.29 is 0 Å². The van der Waals surface area contributed by atoms with Gasteiger partial charge in [0.15, 0.2) is 0 Å². The number of hydrogen-bond acceptors (Lipinski definition) is 2. The molecule has 0 atom stereocenters. The van der Waals surface area contributed by atoms with Crippen LogP contribution in [-0.2, 0) is 5.41 Å². The summed E-state index contributed by atoms with van der Waals surface area (Å²) < 4.78 is 0. The molecule has 2 nitrogen and oxygen atoms in total. The van der Waals surface area contributed by atoms with Crippen LogP contribution in [0.3, 0.4) is 0 Å². The Labute approximate surface area is 113 Å². The quantitative estimate of drug-likeness (QED) is 0.553. The second kappa shape index (κ2) is 4.02. The van der Waals surface area contributed by atoms with Crippen LogP contribution < -0.4 is 0 Å². The van der Waals surface area contributed by atoms with Crippen LogP contribution in [0.1, 0.15) is 32.0 Å². The Bertz CT molecular complexity index is 767. The minimum absolute atomic E-state index is 0.110. The summed E-state index contributed by atoms with van der Waals surface area (Å²) in [5.74, 6) is 0. The predicted octanol–water partition coefficient (Wildman–Crippen LogP) is 4.39. The average molecular weight is 250 g/mol. The third-order valence-electron chi connectivity index (χ3n) is 3.52.